The number of aromatic hydroxyl groups is 1. The van der Waals surface area contributed by atoms with Crippen molar-refractivity contribution < 1.29 is 32.5 Å². The zero-order valence-corrected chi connectivity index (χ0v) is 11.3. The number of esters is 1. The lowest BCUT2D eigenvalue weighted by Gasteiger charge is -2.19. The van der Waals surface area contributed by atoms with Gasteiger partial charge in [0.15, 0.2) is 6.10 Å². The second-order valence-corrected chi connectivity index (χ2v) is 4.17. The molecule has 0 fully saturated rings. The van der Waals surface area contributed by atoms with E-state index in [1.807, 2.05) is 0 Å². The molecule has 0 spiro atoms. The highest BCUT2D eigenvalue weighted by atomic mass is 19.4. The highest BCUT2D eigenvalue weighted by molar-refractivity contribution is 5.87. The van der Waals surface area contributed by atoms with Crippen molar-refractivity contribution in [3.63, 3.8) is 0 Å². The van der Waals surface area contributed by atoms with Crippen molar-refractivity contribution >= 4 is 12.0 Å². The monoisotopic (exact) mass is 304 g/mol. The van der Waals surface area contributed by atoms with Crippen molar-refractivity contribution in [3.05, 3.63) is 35.9 Å². The van der Waals surface area contributed by atoms with Gasteiger partial charge in [-0.3, -0.25) is 0 Å². The molecule has 0 unspecified atom stereocenters. The fourth-order valence-electron chi connectivity index (χ4n) is 1.44. The van der Waals surface area contributed by atoms with Crippen molar-refractivity contribution in [1.82, 2.24) is 0 Å². The van der Waals surface area contributed by atoms with E-state index in [1.54, 1.807) is 0 Å². The maximum absolute atomic E-state index is 12.6. The maximum Gasteiger partial charge on any atom is 0.425 e. The summed E-state index contributed by atoms with van der Waals surface area (Å²) in [6.45, 7) is -0.168. The topological polar surface area (TPSA) is 55.8 Å². The van der Waals surface area contributed by atoms with Gasteiger partial charge in [-0.25, -0.2) is 4.79 Å². The van der Waals surface area contributed by atoms with Gasteiger partial charge in [0.2, 0.25) is 0 Å². The van der Waals surface area contributed by atoms with Gasteiger partial charge in [0, 0.05) is 19.6 Å². The molecule has 4 nitrogen and oxygen atoms in total. The molecule has 0 aliphatic heterocycles. The van der Waals surface area contributed by atoms with E-state index in [-0.39, 0.29) is 12.4 Å². The van der Waals surface area contributed by atoms with E-state index in [2.05, 4.69) is 9.47 Å². The summed E-state index contributed by atoms with van der Waals surface area (Å²) < 4.78 is 46.8. The molecule has 0 aliphatic rings. The molecule has 1 aromatic rings. The Labute approximate surface area is 119 Å². The Hall–Kier alpha value is -2.02. The lowest BCUT2D eigenvalue weighted by Crippen LogP contribution is -2.34. The summed E-state index contributed by atoms with van der Waals surface area (Å²) in [4.78, 5) is 11.4. The second-order valence-electron chi connectivity index (χ2n) is 4.17. The molecule has 1 rings (SSSR count). The highest BCUT2D eigenvalue weighted by Crippen LogP contribution is 2.25. The zero-order chi connectivity index (χ0) is 15.9. The van der Waals surface area contributed by atoms with Gasteiger partial charge in [-0.1, -0.05) is 12.1 Å². The summed E-state index contributed by atoms with van der Waals surface area (Å²) in [5, 5.41) is 9.07. The first kappa shape index (κ1) is 17.0. The largest absolute Gasteiger partial charge is 0.508 e. The first-order valence-corrected chi connectivity index (χ1v) is 6.06. The molecule has 0 saturated heterocycles. The molecule has 0 aliphatic carbocycles. The fraction of sp³-hybridized carbons (Fsp3) is 0.357. The number of phenolic OH excluding ortho intramolecular Hbond substituents is 1. The molecule has 0 bridgehead atoms. The fourth-order valence-corrected chi connectivity index (χ4v) is 1.44. The Balaban J connectivity index is 2.62. The third-order valence-electron chi connectivity index (χ3n) is 2.51. The second kappa shape index (κ2) is 7.68. The molecular weight excluding hydrogens is 289 g/mol. The van der Waals surface area contributed by atoms with Crippen molar-refractivity contribution in [3.8, 4) is 5.75 Å². The molecule has 7 heteroatoms. The normalized spacial score (nSPS) is 13.3. The van der Waals surface area contributed by atoms with E-state index in [4.69, 9.17) is 5.11 Å². The van der Waals surface area contributed by atoms with E-state index >= 15 is 0 Å². The van der Waals surface area contributed by atoms with Gasteiger partial charge in [0.05, 0.1) is 6.61 Å². The Morgan fingerprint density at radius 3 is 2.48 bits per heavy atom. The van der Waals surface area contributed by atoms with E-state index in [1.165, 1.54) is 37.5 Å². The van der Waals surface area contributed by atoms with Gasteiger partial charge in [-0.2, -0.15) is 13.2 Å². The molecule has 0 radical (unpaired) electrons. The number of rotatable bonds is 6. The summed E-state index contributed by atoms with van der Waals surface area (Å²) in [5.74, 6) is -1.05. The van der Waals surface area contributed by atoms with Crippen LogP contribution in [0.1, 0.15) is 12.0 Å². The van der Waals surface area contributed by atoms with Crippen LogP contribution in [0.4, 0.5) is 13.2 Å². The van der Waals surface area contributed by atoms with Gasteiger partial charge in [-0.05, 0) is 23.8 Å². The zero-order valence-electron chi connectivity index (χ0n) is 11.3. The van der Waals surface area contributed by atoms with Crippen molar-refractivity contribution in [2.75, 3.05) is 13.7 Å². The van der Waals surface area contributed by atoms with Crippen LogP contribution in [0.3, 0.4) is 0 Å². The van der Waals surface area contributed by atoms with Crippen LogP contribution < -0.4 is 0 Å². The van der Waals surface area contributed by atoms with Crippen LogP contribution in [0.15, 0.2) is 30.3 Å². The predicted octanol–water partition coefficient (Wildman–Crippen LogP) is 2.92. The molecule has 0 amide bonds. The number of carbonyl (C=O) groups excluding carboxylic acids is 1. The number of benzene rings is 1. The van der Waals surface area contributed by atoms with Crippen LogP contribution in [0.25, 0.3) is 6.08 Å². The van der Waals surface area contributed by atoms with E-state index in [0.717, 1.165) is 6.08 Å². The van der Waals surface area contributed by atoms with Gasteiger partial charge < -0.3 is 14.6 Å². The van der Waals surface area contributed by atoms with Crippen LogP contribution in [-0.4, -0.2) is 37.1 Å². The van der Waals surface area contributed by atoms with Gasteiger partial charge in [0.1, 0.15) is 5.75 Å². The van der Waals surface area contributed by atoms with E-state index < -0.39 is 24.7 Å². The molecule has 1 atom stereocenters. The number of methoxy groups -OCH3 is 1. The van der Waals surface area contributed by atoms with Crippen LogP contribution in [0.2, 0.25) is 0 Å². The predicted molar refractivity (Wildman–Crippen MR) is 69.6 cm³/mol. The molecule has 116 valence electrons. The Kier molecular flexibility index (Phi) is 6.23. The molecule has 1 N–H and O–H groups in total. The number of alkyl halides is 3. The Bertz CT molecular complexity index is 480. The standard InChI is InChI=1S/C14H15F3O4/c1-20-9-8-12(14(15,16)17)21-13(19)7-4-10-2-5-11(18)6-3-10/h2-7,12,18H,8-9H2,1H3/t12-/m1/s1. The van der Waals surface area contributed by atoms with Gasteiger partial charge >= 0.3 is 12.1 Å². The number of halogens is 3. The van der Waals surface area contributed by atoms with Crippen molar-refractivity contribution in [2.24, 2.45) is 0 Å². The average molecular weight is 304 g/mol. The van der Waals surface area contributed by atoms with Crippen molar-refractivity contribution in [2.45, 2.75) is 18.7 Å². The van der Waals surface area contributed by atoms with E-state index in [9.17, 15) is 18.0 Å². The third-order valence-corrected chi connectivity index (χ3v) is 2.51. The molecule has 0 saturated carbocycles. The Morgan fingerprint density at radius 1 is 1.33 bits per heavy atom. The molecule has 21 heavy (non-hydrogen) atoms. The number of hydrogen-bond donors (Lipinski definition) is 1. The van der Waals surface area contributed by atoms with Crippen LogP contribution >= 0.6 is 0 Å². The van der Waals surface area contributed by atoms with Crippen molar-refractivity contribution in [1.29, 1.82) is 0 Å². The van der Waals surface area contributed by atoms with Crippen LogP contribution in [-0.2, 0) is 14.3 Å². The van der Waals surface area contributed by atoms with Gasteiger partial charge in [-0.15, -0.1) is 0 Å². The highest BCUT2D eigenvalue weighted by Gasteiger charge is 2.42. The maximum atomic E-state index is 12.6. The summed E-state index contributed by atoms with van der Waals surface area (Å²) in [5.41, 5.74) is 0.546. The van der Waals surface area contributed by atoms with Crippen LogP contribution in [0, 0.1) is 0 Å². The average Bonchev–Trinajstić information content (AvgIpc) is 2.41. The Morgan fingerprint density at radius 2 is 1.95 bits per heavy atom. The molecular formula is C14H15F3O4. The number of hydrogen-bond acceptors (Lipinski definition) is 4. The SMILES string of the molecule is COCC[C@@H](OC(=O)C=Cc1ccc(O)cc1)C(F)(F)F. The first-order chi connectivity index (χ1) is 9.82. The number of carbonyl (C=O) groups is 1. The quantitative estimate of drug-likeness (QED) is 0.648. The lowest BCUT2D eigenvalue weighted by atomic mass is 10.2. The molecule has 0 aromatic heterocycles. The first-order valence-electron chi connectivity index (χ1n) is 6.06. The molecule has 0 heterocycles. The minimum Gasteiger partial charge on any atom is -0.508 e. The summed E-state index contributed by atoms with van der Waals surface area (Å²) in [6, 6.07) is 5.79. The smallest absolute Gasteiger partial charge is 0.425 e. The summed E-state index contributed by atoms with van der Waals surface area (Å²) in [6.07, 6.45) is -5.10. The van der Waals surface area contributed by atoms with Crippen LogP contribution in [0.5, 0.6) is 5.75 Å². The van der Waals surface area contributed by atoms with Gasteiger partial charge in [0.25, 0.3) is 0 Å². The minimum absolute atomic E-state index is 0.0476. The minimum atomic E-state index is -4.64. The molecule has 1 aromatic carbocycles. The lowest BCUT2D eigenvalue weighted by molar-refractivity contribution is -0.221. The van der Waals surface area contributed by atoms with E-state index in [0.29, 0.717) is 5.56 Å². The third kappa shape index (κ3) is 6.31. The summed E-state index contributed by atoms with van der Waals surface area (Å²) >= 11 is 0. The number of phenols is 1. The summed E-state index contributed by atoms with van der Waals surface area (Å²) in [7, 11) is 1.26. The number of ether oxygens (including phenoxy) is 2.